The molecular formula is C21H25NO4. The summed E-state index contributed by atoms with van der Waals surface area (Å²) < 4.78 is 4.94. The lowest BCUT2D eigenvalue weighted by Crippen LogP contribution is -2.05. The second kappa shape index (κ2) is 10.9. The summed E-state index contributed by atoms with van der Waals surface area (Å²) in [5, 5.41) is 13.6. The molecule has 5 heteroatoms. The Morgan fingerprint density at radius 1 is 1.00 bits per heavy atom. The van der Waals surface area contributed by atoms with Gasteiger partial charge in [0, 0.05) is 6.42 Å². The van der Waals surface area contributed by atoms with Crippen molar-refractivity contribution in [1.29, 1.82) is 0 Å². The third-order valence-corrected chi connectivity index (χ3v) is 3.80. The van der Waals surface area contributed by atoms with Crippen LogP contribution in [0.2, 0.25) is 0 Å². The fourth-order valence-electron chi connectivity index (χ4n) is 2.45. The molecule has 2 rings (SSSR count). The van der Waals surface area contributed by atoms with Crippen LogP contribution in [0.25, 0.3) is 0 Å². The van der Waals surface area contributed by atoms with Crippen molar-refractivity contribution in [3.63, 3.8) is 0 Å². The van der Waals surface area contributed by atoms with E-state index in [2.05, 4.69) is 5.16 Å². The van der Waals surface area contributed by atoms with Gasteiger partial charge in [-0.25, -0.2) is 0 Å². The highest BCUT2D eigenvalue weighted by atomic mass is 16.6. The molecule has 2 aromatic rings. The summed E-state index contributed by atoms with van der Waals surface area (Å²) in [4.78, 5) is 16.9. The average Bonchev–Trinajstić information content (AvgIpc) is 2.66. The zero-order chi connectivity index (χ0) is 18.6. The van der Waals surface area contributed by atoms with E-state index in [4.69, 9.17) is 9.57 Å². The van der Waals surface area contributed by atoms with Crippen LogP contribution >= 0.6 is 0 Å². The molecule has 0 fully saturated rings. The molecule has 0 aliphatic carbocycles. The highest BCUT2D eigenvalue weighted by molar-refractivity contribution is 6.00. The van der Waals surface area contributed by atoms with Crippen molar-refractivity contribution in [3.05, 3.63) is 65.7 Å². The van der Waals surface area contributed by atoms with E-state index in [9.17, 15) is 9.90 Å². The normalized spacial score (nSPS) is 11.2. The molecule has 0 radical (unpaired) electrons. The number of aromatic hydroxyl groups is 1. The predicted octanol–water partition coefficient (Wildman–Crippen LogP) is 4.44. The minimum Gasteiger partial charge on any atom is -0.508 e. The van der Waals surface area contributed by atoms with E-state index in [1.54, 1.807) is 24.3 Å². The van der Waals surface area contributed by atoms with Gasteiger partial charge in [0.15, 0.2) is 0 Å². The number of benzene rings is 2. The van der Waals surface area contributed by atoms with E-state index in [0.29, 0.717) is 19.6 Å². The number of hydrogen-bond acceptors (Lipinski definition) is 5. The second-order valence-corrected chi connectivity index (χ2v) is 5.86. The number of unbranched alkanes of at least 4 members (excludes halogenated alkanes) is 1. The minimum absolute atomic E-state index is 0.158. The van der Waals surface area contributed by atoms with Crippen LogP contribution in [0, 0.1) is 0 Å². The molecule has 0 heterocycles. The van der Waals surface area contributed by atoms with E-state index >= 15 is 0 Å². The van der Waals surface area contributed by atoms with Gasteiger partial charge in [0.2, 0.25) is 0 Å². The Morgan fingerprint density at radius 2 is 1.69 bits per heavy atom. The van der Waals surface area contributed by atoms with Gasteiger partial charge in [0.1, 0.15) is 12.4 Å². The monoisotopic (exact) mass is 355 g/mol. The molecule has 5 nitrogen and oxygen atoms in total. The first-order valence-electron chi connectivity index (χ1n) is 8.87. The van der Waals surface area contributed by atoms with Crippen molar-refractivity contribution in [2.75, 3.05) is 6.61 Å². The van der Waals surface area contributed by atoms with Crippen LogP contribution in [-0.2, 0) is 21.0 Å². The number of hydrogen-bond donors (Lipinski definition) is 1. The fourth-order valence-corrected chi connectivity index (χ4v) is 2.45. The van der Waals surface area contributed by atoms with E-state index < -0.39 is 0 Å². The number of oxime groups is 1. The molecule has 0 aliphatic rings. The van der Waals surface area contributed by atoms with Gasteiger partial charge in [-0.05, 0) is 49.4 Å². The first-order valence-corrected chi connectivity index (χ1v) is 8.87. The standard InChI is InChI=1S/C21H25NO4/c1-2-25-21(24)11-7-6-10-20(18-8-4-3-5-9-18)22-26-16-17-12-14-19(23)15-13-17/h3-5,8-9,12-15,23H,2,6-7,10-11,16H2,1H3. The largest absolute Gasteiger partial charge is 0.508 e. The van der Waals surface area contributed by atoms with Gasteiger partial charge in [-0.3, -0.25) is 4.79 Å². The Bertz CT molecular complexity index is 696. The highest BCUT2D eigenvalue weighted by Gasteiger charge is 2.07. The van der Waals surface area contributed by atoms with Gasteiger partial charge < -0.3 is 14.7 Å². The number of rotatable bonds is 10. The first-order chi connectivity index (χ1) is 12.7. The van der Waals surface area contributed by atoms with Crippen molar-refractivity contribution in [2.45, 2.75) is 39.2 Å². The van der Waals surface area contributed by atoms with Crippen molar-refractivity contribution in [1.82, 2.24) is 0 Å². The van der Waals surface area contributed by atoms with E-state index in [-0.39, 0.29) is 11.7 Å². The van der Waals surface area contributed by atoms with Crippen LogP contribution in [0.1, 0.15) is 43.7 Å². The lowest BCUT2D eigenvalue weighted by atomic mass is 10.0. The lowest BCUT2D eigenvalue weighted by Gasteiger charge is -2.08. The maximum Gasteiger partial charge on any atom is 0.305 e. The van der Waals surface area contributed by atoms with Crippen LogP contribution in [-0.4, -0.2) is 23.4 Å². The molecule has 0 aliphatic heterocycles. The maximum atomic E-state index is 11.4. The number of ether oxygens (including phenoxy) is 1. The number of esters is 1. The van der Waals surface area contributed by atoms with Crippen molar-refractivity contribution in [3.8, 4) is 5.75 Å². The summed E-state index contributed by atoms with van der Waals surface area (Å²) >= 11 is 0. The molecule has 1 N–H and O–H groups in total. The van der Waals surface area contributed by atoms with Gasteiger partial charge in [-0.1, -0.05) is 47.6 Å². The Morgan fingerprint density at radius 3 is 2.38 bits per heavy atom. The van der Waals surface area contributed by atoms with Gasteiger partial charge in [-0.2, -0.15) is 0 Å². The predicted molar refractivity (Wildman–Crippen MR) is 101 cm³/mol. The zero-order valence-corrected chi connectivity index (χ0v) is 15.1. The molecular weight excluding hydrogens is 330 g/mol. The van der Waals surface area contributed by atoms with E-state index in [0.717, 1.165) is 36.1 Å². The summed E-state index contributed by atoms with van der Waals surface area (Å²) in [5.41, 5.74) is 2.80. The molecule has 0 saturated carbocycles. The van der Waals surface area contributed by atoms with Crippen molar-refractivity contribution >= 4 is 11.7 Å². The van der Waals surface area contributed by atoms with Crippen LogP contribution in [0.5, 0.6) is 5.75 Å². The Balaban J connectivity index is 1.91. The number of phenols is 1. The summed E-state index contributed by atoms with van der Waals surface area (Å²) in [5.74, 6) is 0.0677. The van der Waals surface area contributed by atoms with Crippen molar-refractivity contribution in [2.24, 2.45) is 5.16 Å². The van der Waals surface area contributed by atoms with Gasteiger partial charge >= 0.3 is 5.97 Å². The minimum atomic E-state index is -0.158. The second-order valence-electron chi connectivity index (χ2n) is 5.86. The molecule has 0 saturated heterocycles. The Labute approximate surface area is 154 Å². The Hall–Kier alpha value is -2.82. The molecule has 0 spiro atoms. The molecule has 0 amide bonds. The van der Waals surface area contributed by atoms with Gasteiger partial charge in [0.25, 0.3) is 0 Å². The SMILES string of the molecule is CCOC(=O)CCCCC(=NOCc1ccc(O)cc1)c1ccccc1. The quantitative estimate of drug-likeness (QED) is 0.296. The third-order valence-electron chi connectivity index (χ3n) is 3.80. The van der Waals surface area contributed by atoms with E-state index in [1.165, 1.54) is 0 Å². The van der Waals surface area contributed by atoms with Crippen LogP contribution in [0.3, 0.4) is 0 Å². The maximum absolute atomic E-state index is 11.4. The molecule has 2 aromatic carbocycles. The van der Waals surface area contributed by atoms with E-state index in [1.807, 2.05) is 37.3 Å². The third kappa shape index (κ3) is 6.97. The first kappa shape index (κ1) is 19.5. The smallest absolute Gasteiger partial charge is 0.305 e. The average molecular weight is 355 g/mol. The number of nitrogens with zero attached hydrogens (tertiary/aromatic N) is 1. The van der Waals surface area contributed by atoms with Gasteiger partial charge in [0.05, 0.1) is 12.3 Å². The topological polar surface area (TPSA) is 68.1 Å². The molecule has 26 heavy (non-hydrogen) atoms. The summed E-state index contributed by atoms with van der Waals surface area (Å²) in [6.07, 6.45) is 2.72. The summed E-state index contributed by atoms with van der Waals surface area (Å²) in [7, 11) is 0. The molecule has 0 atom stereocenters. The lowest BCUT2D eigenvalue weighted by molar-refractivity contribution is -0.143. The zero-order valence-electron chi connectivity index (χ0n) is 15.1. The number of carbonyl (C=O) groups is 1. The molecule has 0 bridgehead atoms. The highest BCUT2D eigenvalue weighted by Crippen LogP contribution is 2.13. The molecule has 138 valence electrons. The van der Waals surface area contributed by atoms with Crippen LogP contribution in [0.4, 0.5) is 0 Å². The van der Waals surface area contributed by atoms with Crippen LogP contribution < -0.4 is 0 Å². The van der Waals surface area contributed by atoms with Crippen molar-refractivity contribution < 1.29 is 19.5 Å². The number of carbonyl (C=O) groups excluding carboxylic acids is 1. The number of phenolic OH excluding ortho intramolecular Hbond substituents is 1. The summed E-state index contributed by atoms with van der Waals surface area (Å²) in [6.45, 7) is 2.56. The fraction of sp³-hybridized carbons (Fsp3) is 0.333. The molecule has 0 aromatic heterocycles. The Kier molecular flexibility index (Phi) is 8.19. The molecule has 0 unspecified atom stereocenters. The van der Waals surface area contributed by atoms with Crippen LogP contribution in [0.15, 0.2) is 59.8 Å². The summed E-state index contributed by atoms with van der Waals surface area (Å²) in [6, 6.07) is 16.7. The van der Waals surface area contributed by atoms with Gasteiger partial charge in [-0.15, -0.1) is 0 Å².